The van der Waals surface area contributed by atoms with Gasteiger partial charge >= 0.3 is 29.8 Å². The van der Waals surface area contributed by atoms with Crippen molar-refractivity contribution in [3.63, 3.8) is 0 Å². The molecule has 107 heavy (non-hydrogen) atoms. The van der Waals surface area contributed by atoms with E-state index in [4.69, 9.17) is 65.6 Å². The molecule has 0 amide bonds. The van der Waals surface area contributed by atoms with Gasteiger partial charge in [-0.2, -0.15) is 0 Å². The van der Waals surface area contributed by atoms with Crippen molar-refractivity contribution in [2.45, 2.75) is 33.8 Å². The maximum Gasteiger partial charge on any atom is 0.344 e. The largest absolute Gasteiger partial charge is 0.495 e. The molecule has 542 valence electrons. The minimum atomic E-state index is -1.10. The van der Waals surface area contributed by atoms with E-state index >= 15 is 0 Å². The molecule has 0 aliphatic heterocycles. The summed E-state index contributed by atoms with van der Waals surface area (Å²) in [6.07, 6.45) is -0.957. The van der Waals surface area contributed by atoms with Crippen molar-refractivity contribution in [3.8, 4) is 34.5 Å². The Balaban J connectivity index is 0.000000133. The first kappa shape index (κ1) is 76.2. The number of rotatable bonds is 16. The molecule has 0 radical (unpaired) electrons. The highest BCUT2D eigenvalue weighted by Crippen LogP contribution is 2.40. The summed E-state index contributed by atoms with van der Waals surface area (Å²) in [6.45, 7) is 5.29. The first-order chi connectivity index (χ1) is 51.3. The maximum absolute atomic E-state index is 12.8. The fourth-order valence-corrected chi connectivity index (χ4v) is 17.4. The van der Waals surface area contributed by atoms with E-state index in [-0.39, 0.29) is 32.9 Å². The number of carboxylic acids is 5. The average Bonchev–Trinajstić information content (AvgIpc) is 0.797. The van der Waals surface area contributed by atoms with Gasteiger partial charge in [0.05, 0.1) is 41.7 Å². The molecule has 21 nitrogen and oxygen atoms in total. The van der Waals surface area contributed by atoms with Gasteiger partial charge in [0.25, 0.3) is 0 Å². The molecule has 5 N–H and O–H groups in total. The van der Waals surface area contributed by atoms with Crippen LogP contribution in [0.1, 0.15) is 23.6 Å². The van der Waals surface area contributed by atoms with Crippen molar-refractivity contribution in [2.24, 2.45) is 0 Å². The number of fused-ring (bicyclic) bond motifs is 10. The molecule has 0 spiro atoms. The molecule has 5 aromatic heterocycles. The van der Waals surface area contributed by atoms with E-state index in [1.54, 1.807) is 97.1 Å². The molecule has 0 saturated carbocycles. The van der Waals surface area contributed by atoms with E-state index in [0.717, 1.165) is 44.9 Å². The molecule has 1 atom stereocenters. The molecule has 5 heterocycles. The van der Waals surface area contributed by atoms with Crippen LogP contribution in [-0.4, -0.2) is 95.0 Å². The lowest BCUT2D eigenvalue weighted by molar-refractivity contribution is -0.144. The van der Waals surface area contributed by atoms with Crippen molar-refractivity contribution in [3.05, 3.63) is 255 Å². The Labute approximate surface area is 629 Å². The zero-order chi connectivity index (χ0) is 76.5. The topological polar surface area (TPSA) is 327 Å². The molecule has 10 aromatic carbocycles. The smallest absolute Gasteiger partial charge is 0.344 e. The summed E-state index contributed by atoms with van der Waals surface area (Å²) in [6, 6.07) is 53.5. The number of aryl methyl sites for hydroxylation is 3. The summed E-state index contributed by atoms with van der Waals surface area (Å²) in [5.74, 6) is -2.86. The van der Waals surface area contributed by atoms with Crippen LogP contribution in [0, 0.1) is 20.8 Å². The van der Waals surface area contributed by atoms with Crippen LogP contribution in [0.5, 0.6) is 34.5 Å². The fraction of sp³-hybridized carbons (Fsp3) is 0.125. The zero-order valence-electron chi connectivity index (χ0n) is 56.9. The molecule has 15 aromatic rings. The van der Waals surface area contributed by atoms with Crippen LogP contribution in [0.3, 0.4) is 0 Å². The van der Waals surface area contributed by atoms with Gasteiger partial charge in [0.15, 0.2) is 59.7 Å². The van der Waals surface area contributed by atoms with Crippen LogP contribution >= 0.6 is 68.3 Å². The van der Waals surface area contributed by atoms with Gasteiger partial charge in [-0.3, -0.25) is 24.0 Å². The Morgan fingerprint density at radius 1 is 0.364 bits per heavy atom. The van der Waals surface area contributed by atoms with Gasteiger partial charge in [0, 0.05) is 71.3 Å². The Bertz CT molecular complexity index is 6250. The summed E-state index contributed by atoms with van der Waals surface area (Å²) < 4.78 is 39.6. The molecule has 15 rings (SSSR count). The summed E-state index contributed by atoms with van der Waals surface area (Å²) in [5, 5.41) is 49.9. The predicted molar refractivity (Wildman–Crippen MR) is 424 cm³/mol. The minimum absolute atomic E-state index is 0.0364. The van der Waals surface area contributed by atoms with Gasteiger partial charge in [0.2, 0.25) is 0 Å². The van der Waals surface area contributed by atoms with Crippen LogP contribution in [0.4, 0.5) is 0 Å². The number of carbonyl (C=O) groups is 5. The average molecular weight is 1550 g/mol. The molecule has 1 unspecified atom stereocenters. The highest BCUT2D eigenvalue weighted by Gasteiger charge is 2.21. The van der Waals surface area contributed by atoms with E-state index in [2.05, 4.69) is 0 Å². The van der Waals surface area contributed by atoms with Gasteiger partial charge in [-0.25, -0.2) is 24.0 Å². The standard InChI is InChI=1S/C17H14O4S.C16H12O5S.2C16H12O4S.C15H9ClO4S/c1-9-7-12(21-8-14(18)19)17-15(10(9)2)16(20)11-5-3-4-6-13(11)22-17;1-20-11-7-6-10(21-8-13(17)18)14-15(19)9-4-2-3-5-12(9)22-16(11)14;1-9(16(18)19)20-10-6-7-14-12(8-10)15(17)11-4-2-3-5-13(11)21-14;1-9-6-7-11(20-8-13(17)18)16-14(9)15(19)10-4-2-3-5-12(10)21-16;16-9-5-6-10(20-7-12(17)18)15-13(9)14(19)8-3-1-2-4-11(8)21-15/h3-7H,8H2,1-2H3,(H,18,19);2-7H,8H2,1H3,(H,17,18);2-9H,1H3,(H,18,19);2-7H,8H2,1H3,(H,17,18);1-6H,7H2,(H,17,18). The number of halogens is 1. The van der Waals surface area contributed by atoms with Crippen molar-refractivity contribution in [1.29, 1.82) is 0 Å². The molecule has 0 saturated heterocycles. The first-order valence-electron chi connectivity index (χ1n) is 32.1. The number of hydrogen-bond donors (Lipinski definition) is 5. The van der Waals surface area contributed by atoms with Gasteiger partial charge in [-0.15, -0.1) is 56.7 Å². The number of ether oxygens (including phenoxy) is 6. The van der Waals surface area contributed by atoms with E-state index in [0.29, 0.717) is 106 Å². The molecule has 0 aliphatic rings. The molecular formula is C80H59ClO21S5. The molecule has 0 bridgehead atoms. The van der Waals surface area contributed by atoms with Gasteiger partial charge in [0.1, 0.15) is 34.5 Å². The number of carboxylic acid groups (broad SMARTS) is 5. The summed E-state index contributed by atoms with van der Waals surface area (Å²) in [5.41, 5.74) is 2.17. The lowest BCUT2D eigenvalue weighted by Crippen LogP contribution is -2.22. The van der Waals surface area contributed by atoms with Gasteiger partial charge in [-0.1, -0.05) is 78.3 Å². The van der Waals surface area contributed by atoms with Crippen molar-refractivity contribution in [1.82, 2.24) is 0 Å². The SMILES string of the molecule is CC(Oc1ccc2sc3ccccc3c(=O)c2c1)C(=O)O.COc1ccc(OCC(=O)O)c2c(=O)c3ccccc3sc12.Cc1cc(OCC(=O)O)c2sc3ccccc3c(=O)c2c1C.Cc1ccc(OCC(=O)O)c2sc3ccccc3c(=O)c12.O=C(O)COc1ccc(Cl)c2c(=O)c3ccccc3sc12. The quantitative estimate of drug-likeness (QED) is 0.0561. The second kappa shape index (κ2) is 33.5. The summed E-state index contributed by atoms with van der Waals surface area (Å²) >= 11 is 13.3. The Hall–Kier alpha value is -11.9. The summed E-state index contributed by atoms with van der Waals surface area (Å²) in [7, 11) is 1.53. The second-order valence-corrected chi connectivity index (χ2v) is 29.1. The van der Waals surface area contributed by atoms with E-state index in [1.165, 1.54) is 70.7 Å². The normalized spacial score (nSPS) is 11.2. The van der Waals surface area contributed by atoms with Crippen molar-refractivity contribution < 1.29 is 77.9 Å². The van der Waals surface area contributed by atoms with Crippen LogP contribution in [0.15, 0.2) is 206 Å². The highest BCUT2D eigenvalue weighted by atomic mass is 35.5. The summed E-state index contributed by atoms with van der Waals surface area (Å²) in [4.78, 5) is 117. The van der Waals surface area contributed by atoms with E-state index in [9.17, 15) is 47.9 Å². The highest BCUT2D eigenvalue weighted by molar-refractivity contribution is 7.26. The number of hydrogen-bond acceptors (Lipinski definition) is 21. The zero-order valence-corrected chi connectivity index (χ0v) is 61.8. The molecule has 0 fully saturated rings. The molecule has 0 aliphatic carbocycles. The third-order valence-electron chi connectivity index (χ3n) is 16.4. The van der Waals surface area contributed by atoms with Crippen molar-refractivity contribution in [2.75, 3.05) is 33.5 Å². The molecule has 27 heteroatoms. The third kappa shape index (κ3) is 16.9. The lowest BCUT2D eigenvalue weighted by Gasteiger charge is -2.12. The van der Waals surface area contributed by atoms with E-state index < -0.39 is 62.4 Å². The Kier molecular flexibility index (Phi) is 23.8. The van der Waals surface area contributed by atoms with Gasteiger partial charge < -0.3 is 54.0 Å². The first-order valence-corrected chi connectivity index (χ1v) is 36.6. The lowest BCUT2D eigenvalue weighted by atomic mass is 10.0. The number of benzene rings is 10. The Morgan fingerprint density at radius 3 is 1.19 bits per heavy atom. The third-order valence-corrected chi connectivity index (χ3v) is 22.6. The van der Waals surface area contributed by atoms with Gasteiger partial charge in [-0.05, 0) is 160 Å². The Morgan fingerprint density at radius 2 is 0.720 bits per heavy atom. The molecular weight excluding hydrogens is 1490 g/mol. The fourth-order valence-electron chi connectivity index (χ4n) is 11.2. The monoisotopic (exact) mass is 1550 g/mol. The van der Waals surface area contributed by atoms with Crippen LogP contribution < -0.4 is 55.6 Å². The van der Waals surface area contributed by atoms with Crippen LogP contribution in [0.25, 0.3) is 101 Å². The van der Waals surface area contributed by atoms with Crippen LogP contribution in [0.2, 0.25) is 5.02 Å². The number of methoxy groups -OCH3 is 1. The maximum atomic E-state index is 12.8. The minimum Gasteiger partial charge on any atom is -0.495 e. The van der Waals surface area contributed by atoms with E-state index in [1.807, 2.05) is 106 Å². The van der Waals surface area contributed by atoms with Crippen LogP contribution in [-0.2, 0) is 24.0 Å². The van der Waals surface area contributed by atoms with Crippen molar-refractivity contribution >= 4 is 199 Å². The predicted octanol–water partition coefficient (Wildman–Crippen LogP) is 16.4. The number of aliphatic carboxylic acids is 5. The second-order valence-electron chi connectivity index (χ2n) is 23.4.